The number of pyridine rings is 1. The Hall–Kier alpha value is -1.57. The molecule has 60 valence electrons. The van der Waals surface area contributed by atoms with Gasteiger partial charge in [-0.3, -0.25) is 0 Å². The lowest BCUT2D eigenvalue weighted by Gasteiger charge is -1.96. The van der Waals surface area contributed by atoms with Crippen LogP contribution in [0.5, 0.6) is 0 Å². The smallest absolute Gasteiger partial charge is 0.144 e. The molecule has 0 atom stereocenters. The summed E-state index contributed by atoms with van der Waals surface area (Å²) in [5.74, 6) is 0. The molecule has 2 rings (SSSR count). The van der Waals surface area contributed by atoms with Gasteiger partial charge in [-0.2, -0.15) is 0 Å². The van der Waals surface area contributed by atoms with Crippen molar-refractivity contribution in [1.82, 2.24) is 9.55 Å². The minimum Gasteiger partial charge on any atom is -0.306 e. The van der Waals surface area contributed by atoms with Crippen LogP contribution < -0.4 is 0 Å². The molecule has 0 bridgehead atoms. The largest absolute Gasteiger partial charge is 0.306 e. The summed E-state index contributed by atoms with van der Waals surface area (Å²) in [4.78, 5) is 4.26. The maximum absolute atomic E-state index is 4.26. The first-order chi connectivity index (χ1) is 5.83. The summed E-state index contributed by atoms with van der Waals surface area (Å²) in [5, 5.41) is 1.16. The van der Waals surface area contributed by atoms with Crippen LogP contribution in [0.25, 0.3) is 17.2 Å². The second kappa shape index (κ2) is 2.48. The van der Waals surface area contributed by atoms with Crippen LogP contribution in [0.4, 0.5) is 0 Å². The predicted molar refractivity (Wildman–Crippen MR) is 50.9 cm³/mol. The first-order valence-corrected chi connectivity index (χ1v) is 3.88. The van der Waals surface area contributed by atoms with Gasteiger partial charge in [0.15, 0.2) is 0 Å². The molecule has 0 unspecified atom stereocenters. The van der Waals surface area contributed by atoms with Crippen molar-refractivity contribution in [1.29, 1.82) is 0 Å². The highest BCUT2D eigenvalue weighted by molar-refractivity contribution is 5.79. The Labute approximate surface area is 71.2 Å². The summed E-state index contributed by atoms with van der Waals surface area (Å²) in [7, 11) is 0. The summed E-state index contributed by atoms with van der Waals surface area (Å²) in [6.45, 7) is 5.78. The molecule has 2 heterocycles. The van der Waals surface area contributed by atoms with Crippen molar-refractivity contribution in [3.05, 3.63) is 36.7 Å². The van der Waals surface area contributed by atoms with Crippen LogP contribution in [0.2, 0.25) is 0 Å². The van der Waals surface area contributed by atoms with E-state index in [-0.39, 0.29) is 0 Å². The number of rotatable bonds is 1. The van der Waals surface area contributed by atoms with Crippen molar-refractivity contribution in [2.45, 2.75) is 6.92 Å². The van der Waals surface area contributed by atoms with Crippen molar-refractivity contribution in [2.24, 2.45) is 0 Å². The first-order valence-electron chi connectivity index (χ1n) is 3.88. The molecule has 0 aromatic carbocycles. The summed E-state index contributed by atoms with van der Waals surface area (Å²) in [6.07, 6.45) is 3.58. The van der Waals surface area contributed by atoms with E-state index in [1.54, 1.807) is 12.4 Å². The van der Waals surface area contributed by atoms with Crippen molar-refractivity contribution >= 4 is 17.2 Å². The van der Waals surface area contributed by atoms with E-state index < -0.39 is 0 Å². The van der Waals surface area contributed by atoms with Crippen LogP contribution in [0.1, 0.15) is 5.69 Å². The predicted octanol–water partition coefficient (Wildman–Crippen LogP) is 2.45. The van der Waals surface area contributed by atoms with Crippen LogP contribution >= 0.6 is 0 Å². The van der Waals surface area contributed by atoms with Crippen LogP contribution in [0.15, 0.2) is 31.0 Å². The Bertz CT molecular complexity index is 426. The maximum Gasteiger partial charge on any atom is 0.144 e. The van der Waals surface area contributed by atoms with Crippen molar-refractivity contribution < 1.29 is 0 Å². The molecule has 0 aliphatic carbocycles. The van der Waals surface area contributed by atoms with Gasteiger partial charge in [-0.1, -0.05) is 6.58 Å². The third kappa shape index (κ3) is 0.848. The van der Waals surface area contributed by atoms with Gasteiger partial charge in [0.05, 0.1) is 0 Å². The monoisotopic (exact) mass is 158 g/mol. The lowest BCUT2D eigenvalue weighted by Crippen LogP contribution is -1.88. The molecule has 0 fully saturated rings. The second-order valence-electron chi connectivity index (χ2n) is 2.75. The third-order valence-electron chi connectivity index (χ3n) is 1.97. The van der Waals surface area contributed by atoms with E-state index in [0.29, 0.717) is 0 Å². The summed E-state index contributed by atoms with van der Waals surface area (Å²) >= 11 is 0. The summed E-state index contributed by atoms with van der Waals surface area (Å²) in [5.41, 5.74) is 2.14. The molecule has 0 radical (unpaired) electrons. The number of nitrogens with zero attached hydrogens (tertiary/aromatic N) is 2. The number of aryl methyl sites for hydroxylation is 1. The van der Waals surface area contributed by atoms with Gasteiger partial charge in [0.2, 0.25) is 0 Å². The lowest BCUT2D eigenvalue weighted by atomic mass is 10.3. The van der Waals surface area contributed by atoms with Gasteiger partial charge in [-0.25, -0.2) is 4.98 Å². The average molecular weight is 158 g/mol. The zero-order chi connectivity index (χ0) is 8.55. The summed E-state index contributed by atoms with van der Waals surface area (Å²) in [6, 6.07) is 6.09. The Kier molecular flexibility index (Phi) is 1.47. The quantitative estimate of drug-likeness (QED) is 0.623. The molecule has 2 aromatic rings. The van der Waals surface area contributed by atoms with Gasteiger partial charge in [0.25, 0.3) is 0 Å². The number of hydrogen-bond donors (Lipinski definition) is 0. The standard InChI is InChI=1S/C10H10N2/c1-3-12-8(2)7-9-5-4-6-11-10(9)12/h3-7H,1H2,2H3. The van der Waals surface area contributed by atoms with E-state index in [9.17, 15) is 0 Å². The highest BCUT2D eigenvalue weighted by atomic mass is 15.0. The van der Waals surface area contributed by atoms with E-state index in [4.69, 9.17) is 0 Å². The van der Waals surface area contributed by atoms with Crippen molar-refractivity contribution in [3.63, 3.8) is 0 Å². The van der Waals surface area contributed by atoms with Gasteiger partial charge in [-0.15, -0.1) is 0 Å². The molecule has 0 saturated heterocycles. The third-order valence-corrected chi connectivity index (χ3v) is 1.97. The SMILES string of the molecule is C=Cn1c(C)cc2cccnc21. The Morgan fingerprint density at radius 3 is 3.17 bits per heavy atom. The Morgan fingerprint density at radius 1 is 1.58 bits per heavy atom. The molecule has 2 heteroatoms. The number of hydrogen-bond acceptors (Lipinski definition) is 1. The van der Waals surface area contributed by atoms with E-state index in [0.717, 1.165) is 11.0 Å². The van der Waals surface area contributed by atoms with E-state index >= 15 is 0 Å². The average Bonchev–Trinajstić information content (AvgIpc) is 2.40. The highest BCUT2D eigenvalue weighted by Gasteiger charge is 2.01. The fourth-order valence-corrected chi connectivity index (χ4v) is 1.42. The van der Waals surface area contributed by atoms with Gasteiger partial charge in [0.1, 0.15) is 5.65 Å². The lowest BCUT2D eigenvalue weighted by molar-refractivity contribution is 1.10. The van der Waals surface area contributed by atoms with E-state index in [1.807, 2.05) is 17.6 Å². The minimum atomic E-state index is 0.977. The van der Waals surface area contributed by atoms with Crippen LogP contribution in [-0.2, 0) is 0 Å². The first kappa shape index (κ1) is 7.10. The molecule has 2 aromatic heterocycles. The topological polar surface area (TPSA) is 17.8 Å². The molecule has 12 heavy (non-hydrogen) atoms. The molecular formula is C10H10N2. The van der Waals surface area contributed by atoms with E-state index in [2.05, 4.69) is 23.7 Å². The Balaban J connectivity index is 2.90. The molecule has 0 aliphatic heterocycles. The molecule has 0 aliphatic rings. The highest BCUT2D eigenvalue weighted by Crippen LogP contribution is 2.16. The molecule has 0 saturated carbocycles. The molecule has 2 nitrogen and oxygen atoms in total. The van der Waals surface area contributed by atoms with Gasteiger partial charge in [-0.05, 0) is 25.1 Å². The summed E-state index contributed by atoms with van der Waals surface area (Å²) < 4.78 is 1.98. The van der Waals surface area contributed by atoms with Crippen molar-refractivity contribution in [3.8, 4) is 0 Å². The number of fused-ring (bicyclic) bond motifs is 1. The number of aromatic nitrogens is 2. The van der Waals surface area contributed by atoms with Crippen LogP contribution in [0.3, 0.4) is 0 Å². The molecule has 0 spiro atoms. The van der Waals surface area contributed by atoms with Crippen LogP contribution in [0, 0.1) is 6.92 Å². The van der Waals surface area contributed by atoms with Gasteiger partial charge >= 0.3 is 0 Å². The van der Waals surface area contributed by atoms with Crippen LogP contribution in [-0.4, -0.2) is 9.55 Å². The zero-order valence-electron chi connectivity index (χ0n) is 6.99. The minimum absolute atomic E-state index is 0.977. The molecule has 0 amide bonds. The molecular weight excluding hydrogens is 148 g/mol. The van der Waals surface area contributed by atoms with Gasteiger partial charge < -0.3 is 4.57 Å². The van der Waals surface area contributed by atoms with Crippen molar-refractivity contribution in [2.75, 3.05) is 0 Å². The van der Waals surface area contributed by atoms with Gasteiger partial charge in [0, 0.05) is 23.5 Å². The molecule has 0 N–H and O–H groups in total. The fraction of sp³-hybridized carbons (Fsp3) is 0.100. The second-order valence-corrected chi connectivity index (χ2v) is 2.75. The zero-order valence-corrected chi connectivity index (χ0v) is 6.99. The normalized spacial score (nSPS) is 10.4. The van der Waals surface area contributed by atoms with E-state index in [1.165, 1.54) is 5.69 Å². The fourth-order valence-electron chi connectivity index (χ4n) is 1.42. The maximum atomic E-state index is 4.26. The Morgan fingerprint density at radius 2 is 2.42 bits per heavy atom.